The van der Waals surface area contributed by atoms with E-state index in [0.717, 1.165) is 17.2 Å². The molecular weight excluding hydrogens is 294 g/mol. The summed E-state index contributed by atoms with van der Waals surface area (Å²) < 4.78 is 5.40. The van der Waals surface area contributed by atoms with Gasteiger partial charge in [-0.15, -0.1) is 0 Å². The Morgan fingerprint density at radius 1 is 1.35 bits per heavy atom. The minimum absolute atomic E-state index is 0.161. The highest BCUT2D eigenvalue weighted by Gasteiger charge is 2.35. The van der Waals surface area contributed by atoms with Crippen molar-refractivity contribution in [1.82, 2.24) is 4.90 Å². The van der Waals surface area contributed by atoms with Crippen LogP contribution in [0.4, 0.5) is 4.79 Å². The summed E-state index contributed by atoms with van der Waals surface area (Å²) >= 11 is 0. The van der Waals surface area contributed by atoms with E-state index in [1.165, 1.54) is 4.90 Å². The number of nitrogens with zero attached hydrogens (tertiary/aromatic N) is 1. The first-order valence-electron chi connectivity index (χ1n) is 7.56. The van der Waals surface area contributed by atoms with Gasteiger partial charge < -0.3 is 9.84 Å². The second-order valence-electron chi connectivity index (χ2n) is 7.36. The number of amides is 1. The van der Waals surface area contributed by atoms with E-state index in [0.29, 0.717) is 12.2 Å². The molecule has 23 heavy (non-hydrogen) atoms. The molecule has 0 bridgehead atoms. The van der Waals surface area contributed by atoms with Crippen molar-refractivity contribution < 1.29 is 19.4 Å². The standard InChI is InChI=1S/C18H23NO4/c1-17(2,3)23-16(22)19-11-12-10-18(4,5)8-6-7-13(12)14(19)9-15(20)21/h6-10H,11H2,1-5H3,(H,20,21)/b14-9-. The quantitative estimate of drug-likeness (QED) is 0.750. The number of ether oxygens (including phenoxy) is 1. The minimum Gasteiger partial charge on any atom is -0.478 e. The summed E-state index contributed by atoms with van der Waals surface area (Å²) in [6, 6.07) is 0. The molecule has 1 aliphatic heterocycles. The smallest absolute Gasteiger partial charge is 0.415 e. The highest BCUT2D eigenvalue weighted by Crippen LogP contribution is 2.38. The molecule has 0 aromatic carbocycles. The van der Waals surface area contributed by atoms with E-state index in [2.05, 4.69) is 19.9 Å². The molecule has 1 heterocycles. The minimum atomic E-state index is -1.09. The van der Waals surface area contributed by atoms with Crippen LogP contribution in [0, 0.1) is 5.41 Å². The molecule has 5 nitrogen and oxygen atoms in total. The molecule has 0 spiro atoms. The van der Waals surface area contributed by atoms with Gasteiger partial charge in [-0.25, -0.2) is 9.59 Å². The Labute approximate surface area is 136 Å². The van der Waals surface area contributed by atoms with E-state index < -0.39 is 17.7 Å². The van der Waals surface area contributed by atoms with Crippen LogP contribution in [-0.4, -0.2) is 34.2 Å². The number of carboxylic acid groups (broad SMARTS) is 1. The van der Waals surface area contributed by atoms with Gasteiger partial charge in [0.05, 0.1) is 12.2 Å². The van der Waals surface area contributed by atoms with Crippen molar-refractivity contribution in [1.29, 1.82) is 0 Å². The van der Waals surface area contributed by atoms with Crippen LogP contribution in [0.15, 0.2) is 47.2 Å². The Morgan fingerprint density at radius 3 is 2.57 bits per heavy atom. The molecule has 124 valence electrons. The average molecular weight is 317 g/mol. The molecule has 0 aromatic rings. The molecule has 1 N–H and O–H groups in total. The summed E-state index contributed by atoms with van der Waals surface area (Å²) in [7, 11) is 0. The largest absolute Gasteiger partial charge is 0.478 e. The Bertz CT molecular complexity index is 657. The average Bonchev–Trinajstić information content (AvgIpc) is 2.57. The Balaban J connectivity index is 2.45. The van der Waals surface area contributed by atoms with Gasteiger partial charge in [-0.1, -0.05) is 38.2 Å². The van der Waals surface area contributed by atoms with Crippen molar-refractivity contribution in [2.45, 2.75) is 40.2 Å². The lowest BCUT2D eigenvalue weighted by Crippen LogP contribution is -2.34. The zero-order chi connectivity index (χ0) is 17.4. The predicted octanol–water partition coefficient (Wildman–Crippen LogP) is 3.65. The highest BCUT2D eigenvalue weighted by molar-refractivity contribution is 5.86. The highest BCUT2D eigenvalue weighted by atomic mass is 16.6. The third-order valence-electron chi connectivity index (χ3n) is 3.45. The van der Waals surface area contributed by atoms with Gasteiger partial charge in [0.2, 0.25) is 0 Å². The number of carboxylic acids is 1. The zero-order valence-electron chi connectivity index (χ0n) is 14.2. The number of hydrogen-bond acceptors (Lipinski definition) is 3. The van der Waals surface area contributed by atoms with Gasteiger partial charge in [0.15, 0.2) is 0 Å². The Morgan fingerprint density at radius 2 is 2.00 bits per heavy atom. The number of aliphatic carboxylic acids is 1. The van der Waals surface area contributed by atoms with Crippen LogP contribution in [-0.2, 0) is 9.53 Å². The van der Waals surface area contributed by atoms with Crippen molar-refractivity contribution in [3.05, 3.63) is 47.2 Å². The molecular formula is C18H23NO4. The van der Waals surface area contributed by atoms with E-state index in [-0.39, 0.29) is 5.41 Å². The molecule has 1 aliphatic carbocycles. The van der Waals surface area contributed by atoms with Gasteiger partial charge >= 0.3 is 12.1 Å². The Kier molecular flexibility index (Phi) is 4.24. The van der Waals surface area contributed by atoms with Crippen molar-refractivity contribution in [2.24, 2.45) is 5.41 Å². The van der Waals surface area contributed by atoms with Crippen molar-refractivity contribution in [3.63, 3.8) is 0 Å². The maximum absolute atomic E-state index is 12.4. The normalized spacial score (nSPS) is 21.4. The Hall–Kier alpha value is -2.30. The number of fused-ring (bicyclic) bond motifs is 1. The summed E-state index contributed by atoms with van der Waals surface area (Å²) in [4.78, 5) is 25.0. The van der Waals surface area contributed by atoms with Gasteiger partial charge in [-0.3, -0.25) is 4.90 Å². The number of rotatable bonds is 1. The number of carbonyl (C=O) groups excluding carboxylic acids is 1. The third kappa shape index (κ3) is 4.12. The first kappa shape index (κ1) is 17.1. The van der Waals surface area contributed by atoms with E-state index in [1.807, 2.05) is 18.2 Å². The van der Waals surface area contributed by atoms with Crippen molar-refractivity contribution in [2.75, 3.05) is 6.54 Å². The lowest BCUT2D eigenvalue weighted by molar-refractivity contribution is -0.131. The summed E-state index contributed by atoms with van der Waals surface area (Å²) in [5, 5.41) is 9.15. The molecule has 5 heteroatoms. The van der Waals surface area contributed by atoms with Crippen LogP contribution >= 0.6 is 0 Å². The van der Waals surface area contributed by atoms with Crippen LogP contribution in [0.2, 0.25) is 0 Å². The molecule has 0 radical (unpaired) electrons. The lowest BCUT2D eigenvalue weighted by atomic mass is 9.90. The second-order valence-corrected chi connectivity index (χ2v) is 7.36. The van der Waals surface area contributed by atoms with E-state index >= 15 is 0 Å². The van der Waals surface area contributed by atoms with Crippen molar-refractivity contribution in [3.8, 4) is 0 Å². The zero-order valence-corrected chi connectivity index (χ0v) is 14.2. The van der Waals surface area contributed by atoms with E-state index in [4.69, 9.17) is 9.84 Å². The predicted molar refractivity (Wildman–Crippen MR) is 87.7 cm³/mol. The van der Waals surface area contributed by atoms with Gasteiger partial charge in [-0.05, 0) is 26.3 Å². The molecule has 0 unspecified atom stereocenters. The van der Waals surface area contributed by atoms with Gasteiger partial charge in [0, 0.05) is 17.1 Å². The molecule has 2 rings (SSSR count). The molecule has 2 aliphatic rings. The van der Waals surface area contributed by atoms with Crippen LogP contribution in [0.5, 0.6) is 0 Å². The van der Waals surface area contributed by atoms with Gasteiger partial charge in [0.25, 0.3) is 0 Å². The second kappa shape index (κ2) is 5.72. The van der Waals surface area contributed by atoms with Gasteiger partial charge in [-0.2, -0.15) is 0 Å². The monoisotopic (exact) mass is 317 g/mol. The SMILES string of the molecule is CC1(C)C=CC=C2C(=C1)CN(C(=O)OC(C)(C)C)/C2=C\C(=O)O. The fourth-order valence-electron chi connectivity index (χ4n) is 2.61. The molecule has 1 fully saturated rings. The molecule has 0 atom stereocenters. The van der Waals surface area contributed by atoms with Crippen molar-refractivity contribution >= 4 is 12.1 Å². The topological polar surface area (TPSA) is 66.8 Å². The number of carbonyl (C=O) groups is 2. The summed E-state index contributed by atoms with van der Waals surface area (Å²) in [5.74, 6) is -1.09. The van der Waals surface area contributed by atoms with Gasteiger partial charge in [0.1, 0.15) is 5.60 Å². The summed E-state index contributed by atoms with van der Waals surface area (Å²) in [6.45, 7) is 9.77. The van der Waals surface area contributed by atoms with Crippen LogP contribution in [0.3, 0.4) is 0 Å². The first-order valence-corrected chi connectivity index (χ1v) is 7.56. The fourth-order valence-corrected chi connectivity index (χ4v) is 2.61. The number of hydrogen-bond donors (Lipinski definition) is 1. The molecule has 0 aromatic heterocycles. The van der Waals surface area contributed by atoms with Crippen LogP contribution < -0.4 is 0 Å². The molecule has 1 amide bonds. The number of allylic oxidation sites excluding steroid dienone is 5. The summed E-state index contributed by atoms with van der Waals surface area (Å²) in [5.41, 5.74) is 1.24. The van der Waals surface area contributed by atoms with E-state index in [1.54, 1.807) is 20.8 Å². The molecule has 0 saturated carbocycles. The summed E-state index contributed by atoms with van der Waals surface area (Å²) in [6.07, 6.45) is 8.36. The maximum Gasteiger partial charge on any atom is 0.415 e. The van der Waals surface area contributed by atoms with Crippen LogP contribution in [0.25, 0.3) is 0 Å². The van der Waals surface area contributed by atoms with E-state index in [9.17, 15) is 9.59 Å². The first-order chi connectivity index (χ1) is 10.5. The lowest BCUT2D eigenvalue weighted by Gasteiger charge is -2.24. The molecule has 1 saturated heterocycles. The fraction of sp³-hybridized carbons (Fsp3) is 0.444. The van der Waals surface area contributed by atoms with Crippen LogP contribution in [0.1, 0.15) is 34.6 Å². The third-order valence-corrected chi connectivity index (χ3v) is 3.45. The maximum atomic E-state index is 12.4. The number of likely N-dealkylation sites (tertiary alicyclic amines) is 1.